The highest BCUT2D eigenvalue weighted by Crippen LogP contribution is 2.20. The van der Waals surface area contributed by atoms with Crippen LogP contribution in [0.15, 0.2) is 48.5 Å². The summed E-state index contributed by atoms with van der Waals surface area (Å²) in [4.78, 5) is 27.8. The highest BCUT2D eigenvalue weighted by molar-refractivity contribution is 7.92. The van der Waals surface area contributed by atoms with Crippen molar-refractivity contribution in [2.75, 3.05) is 17.1 Å². The van der Waals surface area contributed by atoms with E-state index in [1.165, 1.54) is 41.3 Å². The Morgan fingerprint density at radius 3 is 2.00 bits per heavy atom. The molecule has 10 heteroatoms. The lowest BCUT2D eigenvalue weighted by Crippen LogP contribution is -2.50. The summed E-state index contributed by atoms with van der Waals surface area (Å²) in [5, 5.41) is 2.92. The molecular formula is C26H35F2N3O4S. The summed E-state index contributed by atoms with van der Waals surface area (Å²) < 4.78 is 52.5. The van der Waals surface area contributed by atoms with Gasteiger partial charge in [0.25, 0.3) is 0 Å². The number of nitrogens with one attached hydrogen (secondary N) is 1. The molecule has 2 atom stereocenters. The van der Waals surface area contributed by atoms with Gasteiger partial charge in [-0.05, 0) is 68.1 Å². The molecule has 0 radical (unpaired) electrons. The van der Waals surface area contributed by atoms with Gasteiger partial charge in [0.2, 0.25) is 21.8 Å². The maximum absolute atomic E-state index is 13.4. The third-order valence-electron chi connectivity index (χ3n) is 5.92. The number of amides is 2. The predicted octanol–water partition coefficient (Wildman–Crippen LogP) is 4.23. The van der Waals surface area contributed by atoms with Crippen molar-refractivity contribution in [2.45, 2.75) is 65.1 Å². The van der Waals surface area contributed by atoms with Crippen LogP contribution in [0.4, 0.5) is 14.5 Å². The molecule has 2 rings (SSSR count). The minimum absolute atomic E-state index is 0.0104. The number of halogens is 2. The highest BCUT2D eigenvalue weighted by Gasteiger charge is 2.29. The first-order valence-electron chi connectivity index (χ1n) is 12.0. The SMILES string of the molecule is CCC(C)NC(=O)C(CC)N(Cc1ccc(F)cc1)C(=O)CCCN(c1ccc(F)cc1)S(C)(=O)=O. The molecule has 0 fully saturated rings. The van der Waals surface area contributed by atoms with Crippen LogP contribution in [0, 0.1) is 11.6 Å². The lowest BCUT2D eigenvalue weighted by molar-refractivity contribution is -0.141. The first kappa shape index (κ1) is 29.2. The standard InChI is InChI=1S/C26H35F2N3O4S/c1-5-19(3)29-26(33)24(6-2)30(18-20-9-11-21(27)12-10-20)25(32)8-7-17-31(36(4,34)35)23-15-13-22(28)14-16-23/h9-16,19,24H,5-8,17-18H2,1-4H3,(H,29,33). The number of hydrogen-bond donors (Lipinski definition) is 1. The Morgan fingerprint density at radius 1 is 0.944 bits per heavy atom. The van der Waals surface area contributed by atoms with Gasteiger partial charge in [0.05, 0.1) is 11.9 Å². The second kappa shape index (κ2) is 13.3. The van der Waals surface area contributed by atoms with Crippen LogP contribution in [0.3, 0.4) is 0 Å². The Hall–Kier alpha value is -3.01. The Morgan fingerprint density at radius 2 is 1.50 bits per heavy atom. The fourth-order valence-electron chi connectivity index (χ4n) is 3.76. The van der Waals surface area contributed by atoms with Crippen molar-refractivity contribution >= 4 is 27.5 Å². The molecule has 0 saturated carbocycles. The van der Waals surface area contributed by atoms with Crippen LogP contribution in [0.2, 0.25) is 0 Å². The Balaban J connectivity index is 2.21. The first-order chi connectivity index (χ1) is 17.0. The molecular weight excluding hydrogens is 488 g/mol. The van der Waals surface area contributed by atoms with Crippen LogP contribution >= 0.6 is 0 Å². The molecule has 1 N–H and O–H groups in total. The van der Waals surface area contributed by atoms with Crippen molar-refractivity contribution in [3.8, 4) is 0 Å². The van der Waals surface area contributed by atoms with E-state index in [4.69, 9.17) is 0 Å². The van der Waals surface area contributed by atoms with Crippen LogP contribution in [0.5, 0.6) is 0 Å². The summed E-state index contributed by atoms with van der Waals surface area (Å²) in [5.74, 6) is -1.48. The number of rotatable bonds is 13. The fraction of sp³-hybridized carbons (Fsp3) is 0.462. The van der Waals surface area contributed by atoms with E-state index >= 15 is 0 Å². The average Bonchev–Trinajstić information content (AvgIpc) is 2.82. The summed E-state index contributed by atoms with van der Waals surface area (Å²) in [7, 11) is -3.67. The van der Waals surface area contributed by atoms with Crippen molar-refractivity contribution in [2.24, 2.45) is 0 Å². The predicted molar refractivity (Wildman–Crippen MR) is 137 cm³/mol. The first-order valence-corrected chi connectivity index (χ1v) is 13.9. The van der Waals surface area contributed by atoms with Gasteiger partial charge in [-0.1, -0.05) is 26.0 Å². The van der Waals surface area contributed by atoms with Crippen molar-refractivity contribution in [3.05, 3.63) is 65.7 Å². The molecule has 0 heterocycles. The number of hydrogen-bond acceptors (Lipinski definition) is 4. The molecule has 0 spiro atoms. The zero-order valence-corrected chi connectivity index (χ0v) is 22.0. The van der Waals surface area contributed by atoms with Crippen LogP contribution in [0.25, 0.3) is 0 Å². The summed E-state index contributed by atoms with van der Waals surface area (Å²) >= 11 is 0. The molecule has 0 aliphatic carbocycles. The molecule has 0 saturated heterocycles. The minimum atomic E-state index is -3.67. The highest BCUT2D eigenvalue weighted by atomic mass is 32.2. The summed E-state index contributed by atoms with van der Waals surface area (Å²) in [6.45, 7) is 5.76. The zero-order valence-electron chi connectivity index (χ0n) is 21.2. The molecule has 2 aromatic rings. The van der Waals surface area contributed by atoms with E-state index in [9.17, 15) is 26.8 Å². The number of carbonyl (C=O) groups is 2. The maximum Gasteiger partial charge on any atom is 0.243 e. The van der Waals surface area contributed by atoms with E-state index in [1.807, 2.05) is 20.8 Å². The second-order valence-corrected chi connectivity index (χ2v) is 10.7. The Bertz CT molecular complexity index is 1110. The van der Waals surface area contributed by atoms with E-state index in [0.29, 0.717) is 17.7 Å². The smallest absolute Gasteiger partial charge is 0.243 e. The zero-order chi connectivity index (χ0) is 26.9. The molecule has 2 aromatic carbocycles. The molecule has 0 aliphatic rings. The minimum Gasteiger partial charge on any atom is -0.352 e. The summed E-state index contributed by atoms with van der Waals surface area (Å²) in [6, 6.07) is 10.00. The van der Waals surface area contributed by atoms with Gasteiger partial charge < -0.3 is 10.2 Å². The number of sulfonamides is 1. The lowest BCUT2D eigenvalue weighted by atomic mass is 10.1. The lowest BCUT2D eigenvalue weighted by Gasteiger charge is -2.32. The number of benzene rings is 2. The topological polar surface area (TPSA) is 86.8 Å². The van der Waals surface area contributed by atoms with Crippen LogP contribution in [0.1, 0.15) is 52.0 Å². The maximum atomic E-state index is 13.4. The molecule has 2 unspecified atom stereocenters. The molecule has 7 nitrogen and oxygen atoms in total. The Kier molecular flexibility index (Phi) is 10.8. The molecule has 198 valence electrons. The van der Waals surface area contributed by atoms with E-state index in [0.717, 1.165) is 17.0 Å². The average molecular weight is 524 g/mol. The fourth-order valence-corrected chi connectivity index (χ4v) is 4.72. The third-order valence-corrected chi connectivity index (χ3v) is 7.11. The molecule has 2 amide bonds. The monoisotopic (exact) mass is 523 g/mol. The van der Waals surface area contributed by atoms with Crippen LogP contribution in [-0.4, -0.2) is 50.0 Å². The van der Waals surface area contributed by atoms with Crippen LogP contribution < -0.4 is 9.62 Å². The van der Waals surface area contributed by atoms with Gasteiger partial charge in [0, 0.05) is 25.6 Å². The largest absolute Gasteiger partial charge is 0.352 e. The third kappa shape index (κ3) is 8.58. The van der Waals surface area contributed by atoms with Gasteiger partial charge >= 0.3 is 0 Å². The quantitative estimate of drug-likeness (QED) is 0.426. The van der Waals surface area contributed by atoms with Gasteiger partial charge in [-0.15, -0.1) is 0 Å². The van der Waals surface area contributed by atoms with Gasteiger partial charge in [-0.25, -0.2) is 17.2 Å². The normalized spacial score (nSPS) is 13.1. The van der Waals surface area contributed by atoms with E-state index in [-0.39, 0.29) is 43.8 Å². The van der Waals surface area contributed by atoms with Crippen molar-refractivity contribution < 1.29 is 26.8 Å². The number of anilines is 1. The summed E-state index contributed by atoms with van der Waals surface area (Å²) in [6.07, 6.45) is 2.33. The second-order valence-electron chi connectivity index (χ2n) is 8.81. The van der Waals surface area contributed by atoms with Crippen molar-refractivity contribution in [1.82, 2.24) is 10.2 Å². The summed E-state index contributed by atoms with van der Waals surface area (Å²) in [5.41, 5.74) is 0.970. The molecule has 36 heavy (non-hydrogen) atoms. The van der Waals surface area contributed by atoms with Gasteiger partial charge in [0.15, 0.2) is 0 Å². The number of nitrogens with zero attached hydrogens (tertiary/aromatic N) is 2. The van der Waals surface area contributed by atoms with Crippen LogP contribution in [-0.2, 0) is 26.2 Å². The van der Waals surface area contributed by atoms with E-state index in [1.54, 1.807) is 12.1 Å². The van der Waals surface area contributed by atoms with E-state index in [2.05, 4.69) is 5.32 Å². The van der Waals surface area contributed by atoms with Gasteiger partial charge in [-0.3, -0.25) is 13.9 Å². The van der Waals surface area contributed by atoms with Gasteiger partial charge in [-0.2, -0.15) is 0 Å². The number of carbonyl (C=O) groups excluding carboxylic acids is 2. The van der Waals surface area contributed by atoms with Gasteiger partial charge in [0.1, 0.15) is 17.7 Å². The molecule has 0 aromatic heterocycles. The molecule has 0 bridgehead atoms. The Labute approximate surface area is 212 Å². The van der Waals surface area contributed by atoms with Crippen molar-refractivity contribution in [3.63, 3.8) is 0 Å². The molecule has 0 aliphatic heterocycles. The van der Waals surface area contributed by atoms with Crippen molar-refractivity contribution in [1.29, 1.82) is 0 Å². The van der Waals surface area contributed by atoms with E-state index < -0.39 is 27.7 Å².